The largest absolute Gasteiger partial charge is 0.493 e. The van der Waals surface area contributed by atoms with Gasteiger partial charge in [-0.25, -0.2) is 0 Å². The molecule has 2 aromatic heterocycles. The highest BCUT2D eigenvalue weighted by Gasteiger charge is 2.27. The lowest BCUT2D eigenvalue weighted by Gasteiger charge is -2.08. The van der Waals surface area contributed by atoms with Gasteiger partial charge >= 0.3 is 0 Å². The zero-order chi connectivity index (χ0) is 17.4. The molecule has 0 unspecified atom stereocenters. The molecule has 0 spiro atoms. The number of fused-ring (bicyclic) bond motifs is 1. The molecule has 8 nitrogen and oxygen atoms in total. The first kappa shape index (κ1) is 15.4. The average Bonchev–Trinajstić information content (AvgIpc) is 3.28. The molecule has 1 aliphatic carbocycles. The van der Waals surface area contributed by atoms with Crippen molar-refractivity contribution in [3.05, 3.63) is 29.5 Å². The summed E-state index contributed by atoms with van der Waals surface area (Å²) >= 11 is 0. The SMILES string of the molecule is COc1ccc(-c2nnc(-c3n[nH]c4c3C(=O)CCC4)o2)cc1OC. The Bertz CT molecular complexity index is 944. The van der Waals surface area contributed by atoms with Crippen LogP contribution in [-0.4, -0.2) is 40.4 Å². The maximum absolute atomic E-state index is 12.2. The van der Waals surface area contributed by atoms with E-state index >= 15 is 0 Å². The van der Waals surface area contributed by atoms with E-state index in [0.717, 1.165) is 18.5 Å². The van der Waals surface area contributed by atoms with Gasteiger partial charge in [-0.15, -0.1) is 10.2 Å². The highest BCUT2D eigenvalue weighted by Crippen LogP contribution is 2.34. The van der Waals surface area contributed by atoms with E-state index in [1.165, 1.54) is 0 Å². The van der Waals surface area contributed by atoms with Crippen LogP contribution >= 0.6 is 0 Å². The molecule has 0 radical (unpaired) electrons. The number of Topliss-reactive ketones (excluding diaryl/α,β-unsaturated/α-hetero) is 1. The Morgan fingerprint density at radius 1 is 1.08 bits per heavy atom. The molecule has 1 aromatic carbocycles. The summed E-state index contributed by atoms with van der Waals surface area (Å²) in [6, 6.07) is 5.31. The number of nitrogens with one attached hydrogen (secondary N) is 1. The summed E-state index contributed by atoms with van der Waals surface area (Å²) in [5.74, 6) is 1.76. The summed E-state index contributed by atoms with van der Waals surface area (Å²) < 4.78 is 16.3. The molecule has 1 N–H and O–H groups in total. The van der Waals surface area contributed by atoms with Crippen molar-refractivity contribution in [2.45, 2.75) is 19.3 Å². The maximum atomic E-state index is 12.2. The molecule has 0 saturated carbocycles. The summed E-state index contributed by atoms with van der Waals surface area (Å²) in [7, 11) is 3.13. The topological polar surface area (TPSA) is 103 Å². The van der Waals surface area contributed by atoms with Gasteiger partial charge in [0, 0.05) is 17.7 Å². The van der Waals surface area contributed by atoms with Crippen molar-refractivity contribution >= 4 is 5.78 Å². The Labute approximate surface area is 143 Å². The molecule has 0 atom stereocenters. The predicted octanol–water partition coefficient (Wildman–Crippen LogP) is 2.66. The van der Waals surface area contributed by atoms with Gasteiger partial charge in [-0.3, -0.25) is 9.89 Å². The van der Waals surface area contributed by atoms with Crippen LogP contribution in [0.25, 0.3) is 23.0 Å². The molecule has 1 aliphatic rings. The molecule has 8 heteroatoms. The Morgan fingerprint density at radius 3 is 2.68 bits per heavy atom. The quantitative estimate of drug-likeness (QED) is 0.778. The van der Waals surface area contributed by atoms with Gasteiger partial charge < -0.3 is 13.9 Å². The summed E-state index contributed by atoms with van der Waals surface area (Å²) in [5.41, 5.74) is 2.50. The molecule has 2 heterocycles. The Hall–Kier alpha value is -3.16. The fourth-order valence-electron chi connectivity index (χ4n) is 2.97. The summed E-state index contributed by atoms with van der Waals surface area (Å²) in [4.78, 5) is 12.2. The number of methoxy groups -OCH3 is 2. The van der Waals surface area contributed by atoms with Gasteiger partial charge in [0.1, 0.15) is 0 Å². The number of hydrogen-bond acceptors (Lipinski definition) is 7. The lowest BCUT2D eigenvalue weighted by atomic mass is 9.94. The fourth-order valence-corrected chi connectivity index (χ4v) is 2.97. The number of ether oxygens (including phenoxy) is 2. The van der Waals surface area contributed by atoms with E-state index in [4.69, 9.17) is 13.9 Å². The van der Waals surface area contributed by atoms with E-state index in [9.17, 15) is 4.79 Å². The second kappa shape index (κ2) is 6.04. The van der Waals surface area contributed by atoms with Crippen LogP contribution in [0.1, 0.15) is 28.9 Å². The highest BCUT2D eigenvalue weighted by atomic mass is 16.5. The molecule has 0 bridgehead atoms. The van der Waals surface area contributed by atoms with Gasteiger partial charge in [0.05, 0.1) is 19.8 Å². The van der Waals surface area contributed by atoms with Gasteiger partial charge in [0.2, 0.25) is 5.89 Å². The van der Waals surface area contributed by atoms with E-state index < -0.39 is 0 Å². The molecular formula is C17H16N4O4. The first-order valence-corrected chi connectivity index (χ1v) is 7.88. The number of benzene rings is 1. The van der Waals surface area contributed by atoms with Crippen LogP contribution in [0, 0.1) is 0 Å². The normalized spacial score (nSPS) is 13.6. The van der Waals surface area contributed by atoms with E-state index in [2.05, 4.69) is 20.4 Å². The first-order chi connectivity index (χ1) is 12.2. The zero-order valence-corrected chi connectivity index (χ0v) is 13.8. The fraction of sp³-hybridized carbons (Fsp3) is 0.294. The minimum absolute atomic E-state index is 0.0517. The number of H-pyrrole nitrogens is 1. The Kier molecular flexibility index (Phi) is 3.72. The summed E-state index contributed by atoms with van der Waals surface area (Å²) in [6.07, 6.45) is 2.13. The van der Waals surface area contributed by atoms with Crippen LogP contribution in [0.3, 0.4) is 0 Å². The molecule has 128 valence electrons. The maximum Gasteiger partial charge on any atom is 0.269 e. The molecule has 0 fully saturated rings. The monoisotopic (exact) mass is 340 g/mol. The van der Waals surface area contributed by atoms with E-state index in [1.54, 1.807) is 32.4 Å². The second-order valence-corrected chi connectivity index (χ2v) is 5.68. The van der Waals surface area contributed by atoms with Crippen molar-refractivity contribution in [2.75, 3.05) is 14.2 Å². The van der Waals surface area contributed by atoms with Crippen molar-refractivity contribution in [3.63, 3.8) is 0 Å². The number of carbonyl (C=O) groups is 1. The van der Waals surface area contributed by atoms with Crippen LogP contribution in [0.5, 0.6) is 11.5 Å². The molecule has 0 aliphatic heterocycles. The number of ketones is 1. The number of aromatic nitrogens is 4. The molecule has 3 aromatic rings. The third-order valence-corrected chi connectivity index (χ3v) is 4.21. The molecule has 0 amide bonds. The van der Waals surface area contributed by atoms with Gasteiger partial charge in [-0.2, -0.15) is 5.10 Å². The number of aromatic amines is 1. The minimum Gasteiger partial charge on any atom is -0.493 e. The van der Waals surface area contributed by atoms with Crippen LogP contribution in [-0.2, 0) is 6.42 Å². The number of hydrogen-bond donors (Lipinski definition) is 1. The van der Waals surface area contributed by atoms with Crippen LogP contribution in [0.4, 0.5) is 0 Å². The number of aryl methyl sites for hydroxylation is 1. The lowest BCUT2D eigenvalue weighted by Crippen LogP contribution is -2.10. The van der Waals surface area contributed by atoms with E-state index in [0.29, 0.717) is 40.6 Å². The van der Waals surface area contributed by atoms with Crippen LogP contribution < -0.4 is 9.47 Å². The Morgan fingerprint density at radius 2 is 1.88 bits per heavy atom. The molecular weight excluding hydrogens is 324 g/mol. The Balaban J connectivity index is 1.72. The van der Waals surface area contributed by atoms with Crippen molar-refractivity contribution in [2.24, 2.45) is 0 Å². The van der Waals surface area contributed by atoms with Gasteiger partial charge in [-0.1, -0.05) is 0 Å². The van der Waals surface area contributed by atoms with Crippen molar-refractivity contribution in [1.82, 2.24) is 20.4 Å². The van der Waals surface area contributed by atoms with E-state index in [1.807, 2.05) is 0 Å². The molecule has 4 rings (SSSR count). The number of nitrogens with zero attached hydrogens (tertiary/aromatic N) is 3. The van der Waals surface area contributed by atoms with E-state index in [-0.39, 0.29) is 11.7 Å². The predicted molar refractivity (Wildman–Crippen MR) is 87.7 cm³/mol. The third kappa shape index (κ3) is 2.55. The van der Waals surface area contributed by atoms with Crippen molar-refractivity contribution in [3.8, 4) is 34.5 Å². The second-order valence-electron chi connectivity index (χ2n) is 5.68. The molecule has 0 saturated heterocycles. The highest BCUT2D eigenvalue weighted by molar-refractivity contribution is 6.02. The number of carbonyl (C=O) groups excluding carboxylic acids is 1. The summed E-state index contributed by atoms with van der Waals surface area (Å²) in [6.45, 7) is 0. The zero-order valence-electron chi connectivity index (χ0n) is 13.8. The molecule has 25 heavy (non-hydrogen) atoms. The van der Waals surface area contributed by atoms with Gasteiger partial charge in [0.15, 0.2) is 23.0 Å². The lowest BCUT2D eigenvalue weighted by molar-refractivity contribution is 0.0973. The van der Waals surface area contributed by atoms with Crippen molar-refractivity contribution < 1.29 is 18.7 Å². The summed E-state index contributed by atoms with van der Waals surface area (Å²) in [5, 5.41) is 15.2. The van der Waals surface area contributed by atoms with Gasteiger partial charge in [0.25, 0.3) is 5.89 Å². The van der Waals surface area contributed by atoms with Crippen LogP contribution in [0.2, 0.25) is 0 Å². The average molecular weight is 340 g/mol. The standard InChI is InChI=1S/C17H16N4O4/c1-23-12-7-6-9(8-13(12)24-2)16-20-21-17(25-16)15-14-10(18-19-15)4-3-5-11(14)22/h6-8H,3-5H2,1-2H3,(H,18,19). The minimum atomic E-state index is 0.0517. The third-order valence-electron chi connectivity index (χ3n) is 4.21. The van der Waals surface area contributed by atoms with Crippen LogP contribution in [0.15, 0.2) is 22.6 Å². The first-order valence-electron chi connectivity index (χ1n) is 7.88. The van der Waals surface area contributed by atoms with Gasteiger partial charge in [-0.05, 0) is 31.0 Å². The van der Waals surface area contributed by atoms with Crippen molar-refractivity contribution in [1.29, 1.82) is 0 Å². The smallest absolute Gasteiger partial charge is 0.269 e. The number of rotatable bonds is 4.